The van der Waals surface area contributed by atoms with Gasteiger partial charge in [-0.1, -0.05) is 55.7 Å². The van der Waals surface area contributed by atoms with Crippen molar-refractivity contribution in [1.29, 1.82) is 0 Å². The molecule has 0 radical (unpaired) electrons. The zero-order valence-corrected chi connectivity index (χ0v) is 17.6. The molecule has 0 aliphatic heterocycles. The fraction of sp³-hybridized carbons (Fsp3) is 0.400. The number of carbonyl (C=O) groups is 1. The summed E-state index contributed by atoms with van der Waals surface area (Å²) in [5, 5.41) is 7.57. The summed E-state index contributed by atoms with van der Waals surface area (Å²) in [6, 6.07) is 16.5. The number of benzene rings is 2. The number of furan rings is 1. The van der Waals surface area contributed by atoms with Gasteiger partial charge in [0.2, 0.25) is 0 Å². The smallest absolute Gasteiger partial charge is 0.287 e. The molecule has 0 spiro atoms. The third kappa shape index (κ3) is 4.85. The van der Waals surface area contributed by atoms with E-state index >= 15 is 0 Å². The van der Waals surface area contributed by atoms with E-state index < -0.39 is 0 Å². The van der Waals surface area contributed by atoms with Crippen molar-refractivity contribution in [2.24, 2.45) is 0 Å². The van der Waals surface area contributed by atoms with Crippen LogP contribution in [0, 0.1) is 0 Å². The summed E-state index contributed by atoms with van der Waals surface area (Å²) in [6.07, 6.45) is 7.20. The van der Waals surface area contributed by atoms with Gasteiger partial charge < -0.3 is 19.8 Å². The van der Waals surface area contributed by atoms with Crippen LogP contribution < -0.4 is 15.4 Å². The average molecular weight is 407 g/mol. The van der Waals surface area contributed by atoms with Gasteiger partial charge in [-0.3, -0.25) is 4.79 Å². The van der Waals surface area contributed by atoms with Crippen LogP contribution in [0.2, 0.25) is 0 Å². The normalized spacial score (nSPS) is 14.7. The first-order valence-electron chi connectivity index (χ1n) is 10.9. The summed E-state index contributed by atoms with van der Waals surface area (Å²) >= 11 is 0. The Morgan fingerprint density at radius 2 is 1.90 bits per heavy atom. The molecule has 0 bridgehead atoms. The SMILES string of the molecule is COc1ccc(CNC2CCCCC2)c2cc(C(=O)NCCc3ccccc3)oc12. The van der Waals surface area contributed by atoms with Crippen molar-refractivity contribution in [1.82, 2.24) is 10.6 Å². The number of hydrogen-bond donors (Lipinski definition) is 2. The van der Waals surface area contributed by atoms with Crippen molar-refractivity contribution in [3.63, 3.8) is 0 Å². The van der Waals surface area contributed by atoms with Crippen molar-refractivity contribution >= 4 is 16.9 Å². The van der Waals surface area contributed by atoms with Crippen LogP contribution in [0.4, 0.5) is 0 Å². The van der Waals surface area contributed by atoms with E-state index in [4.69, 9.17) is 9.15 Å². The van der Waals surface area contributed by atoms with Crippen LogP contribution in [0.3, 0.4) is 0 Å². The van der Waals surface area contributed by atoms with Crippen LogP contribution in [-0.4, -0.2) is 25.6 Å². The van der Waals surface area contributed by atoms with Gasteiger partial charge >= 0.3 is 0 Å². The molecule has 1 aliphatic carbocycles. The Hall–Kier alpha value is -2.79. The molecular formula is C25H30N2O3. The maximum Gasteiger partial charge on any atom is 0.287 e. The van der Waals surface area contributed by atoms with Crippen molar-refractivity contribution in [2.75, 3.05) is 13.7 Å². The molecule has 0 atom stereocenters. The minimum absolute atomic E-state index is 0.199. The molecule has 5 nitrogen and oxygen atoms in total. The van der Waals surface area contributed by atoms with Crippen molar-refractivity contribution in [3.05, 3.63) is 65.4 Å². The van der Waals surface area contributed by atoms with E-state index in [-0.39, 0.29) is 5.91 Å². The molecule has 158 valence electrons. The van der Waals surface area contributed by atoms with E-state index in [9.17, 15) is 4.79 Å². The van der Waals surface area contributed by atoms with Crippen molar-refractivity contribution in [2.45, 2.75) is 51.1 Å². The highest BCUT2D eigenvalue weighted by Crippen LogP contribution is 2.32. The zero-order valence-electron chi connectivity index (χ0n) is 17.6. The highest BCUT2D eigenvalue weighted by molar-refractivity contribution is 5.98. The molecule has 3 aromatic rings. The molecule has 2 aromatic carbocycles. The molecule has 0 unspecified atom stereocenters. The van der Waals surface area contributed by atoms with E-state index in [0.29, 0.717) is 29.7 Å². The number of ether oxygens (including phenoxy) is 1. The molecular weight excluding hydrogens is 376 g/mol. The predicted molar refractivity (Wildman–Crippen MR) is 119 cm³/mol. The highest BCUT2D eigenvalue weighted by Gasteiger charge is 2.19. The molecule has 5 heteroatoms. The Bertz CT molecular complexity index is 975. The first-order valence-corrected chi connectivity index (χ1v) is 10.9. The Balaban J connectivity index is 1.46. The van der Waals surface area contributed by atoms with Gasteiger partial charge in [0.15, 0.2) is 17.1 Å². The molecule has 1 fully saturated rings. The monoisotopic (exact) mass is 406 g/mol. The van der Waals surface area contributed by atoms with Crippen LogP contribution in [0.5, 0.6) is 5.75 Å². The molecule has 1 amide bonds. The van der Waals surface area contributed by atoms with Gasteiger partial charge in [-0.2, -0.15) is 0 Å². The molecule has 0 saturated heterocycles. The molecule has 30 heavy (non-hydrogen) atoms. The van der Waals surface area contributed by atoms with Gasteiger partial charge in [0.1, 0.15) is 0 Å². The number of rotatable bonds is 8. The summed E-state index contributed by atoms with van der Waals surface area (Å²) in [5.74, 6) is 0.770. The van der Waals surface area contributed by atoms with E-state index in [2.05, 4.69) is 28.8 Å². The van der Waals surface area contributed by atoms with Crippen LogP contribution in [0.1, 0.15) is 53.8 Å². The second kappa shape index (κ2) is 9.81. The summed E-state index contributed by atoms with van der Waals surface area (Å²) in [6.45, 7) is 1.33. The van der Waals surface area contributed by atoms with E-state index in [1.165, 1.54) is 37.7 Å². The average Bonchev–Trinajstić information content (AvgIpc) is 3.25. The lowest BCUT2D eigenvalue weighted by molar-refractivity contribution is 0.0928. The third-order valence-corrected chi connectivity index (χ3v) is 5.91. The molecule has 1 saturated carbocycles. The first kappa shape index (κ1) is 20.5. The molecule has 4 rings (SSSR count). The lowest BCUT2D eigenvalue weighted by Crippen LogP contribution is -2.30. The summed E-state index contributed by atoms with van der Waals surface area (Å²) in [5.41, 5.74) is 2.96. The minimum atomic E-state index is -0.199. The zero-order chi connectivity index (χ0) is 20.8. The first-order chi connectivity index (χ1) is 14.7. The van der Waals surface area contributed by atoms with Gasteiger partial charge in [-0.15, -0.1) is 0 Å². The third-order valence-electron chi connectivity index (χ3n) is 5.91. The summed E-state index contributed by atoms with van der Waals surface area (Å²) in [4.78, 5) is 12.7. The van der Waals surface area contributed by atoms with Gasteiger partial charge in [-0.25, -0.2) is 0 Å². The second-order valence-electron chi connectivity index (χ2n) is 7.99. The number of carbonyl (C=O) groups excluding carboxylic acids is 1. The Labute approximate surface area is 177 Å². The minimum Gasteiger partial charge on any atom is -0.493 e. The van der Waals surface area contributed by atoms with Crippen LogP contribution in [0.15, 0.2) is 52.9 Å². The number of methoxy groups -OCH3 is 1. The van der Waals surface area contributed by atoms with Crippen LogP contribution in [0.25, 0.3) is 11.0 Å². The Morgan fingerprint density at radius 1 is 1.10 bits per heavy atom. The standard InChI is InChI=1S/C25H30N2O3/c1-29-22-13-12-19(17-27-20-10-6-3-7-11-20)21-16-23(30-24(21)22)25(28)26-15-14-18-8-4-2-5-9-18/h2,4-5,8-9,12-13,16,20,27H,3,6-7,10-11,14-15,17H2,1H3,(H,26,28). The highest BCUT2D eigenvalue weighted by atomic mass is 16.5. The second-order valence-corrected chi connectivity index (χ2v) is 7.99. The van der Waals surface area contributed by atoms with Gasteiger partial charge in [-0.05, 0) is 42.5 Å². The van der Waals surface area contributed by atoms with Crippen molar-refractivity contribution in [3.8, 4) is 5.75 Å². The fourth-order valence-electron chi connectivity index (χ4n) is 4.19. The van der Waals surface area contributed by atoms with E-state index in [1.54, 1.807) is 7.11 Å². The lowest BCUT2D eigenvalue weighted by atomic mass is 9.95. The number of hydrogen-bond acceptors (Lipinski definition) is 4. The Morgan fingerprint density at radius 3 is 2.67 bits per heavy atom. The van der Waals surface area contributed by atoms with E-state index in [1.807, 2.05) is 30.3 Å². The molecule has 2 N–H and O–H groups in total. The van der Waals surface area contributed by atoms with Gasteiger partial charge in [0.05, 0.1) is 7.11 Å². The number of amides is 1. The van der Waals surface area contributed by atoms with Crippen molar-refractivity contribution < 1.29 is 13.9 Å². The molecule has 1 aliphatic rings. The summed E-state index contributed by atoms with van der Waals surface area (Å²) in [7, 11) is 1.62. The molecule has 1 aromatic heterocycles. The number of fused-ring (bicyclic) bond motifs is 1. The van der Waals surface area contributed by atoms with Crippen LogP contribution in [-0.2, 0) is 13.0 Å². The maximum absolute atomic E-state index is 12.7. The Kier molecular flexibility index (Phi) is 6.70. The predicted octanol–water partition coefficient (Wildman–Crippen LogP) is 4.84. The van der Waals surface area contributed by atoms with Crippen LogP contribution >= 0.6 is 0 Å². The lowest BCUT2D eigenvalue weighted by Gasteiger charge is -2.23. The van der Waals surface area contributed by atoms with Gasteiger partial charge in [0, 0.05) is 24.5 Å². The largest absolute Gasteiger partial charge is 0.493 e. The topological polar surface area (TPSA) is 63.5 Å². The quantitative estimate of drug-likeness (QED) is 0.562. The summed E-state index contributed by atoms with van der Waals surface area (Å²) < 4.78 is 11.4. The van der Waals surface area contributed by atoms with Gasteiger partial charge in [0.25, 0.3) is 5.91 Å². The molecule has 1 heterocycles. The van der Waals surface area contributed by atoms with E-state index in [0.717, 1.165) is 23.9 Å². The number of nitrogens with one attached hydrogen (secondary N) is 2. The fourth-order valence-corrected chi connectivity index (χ4v) is 4.19. The maximum atomic E-state index is 12.7.